The highest BCUT2D eigenvalue weighted by Crippen LogP contribution is 2.20. The molecule has 0 spiro atoms. The minimum atomic E-state index is 0.155. The van der Waals surface area contributed by atoms with E-state index in [1.807, 2.05) is 4.90 Å². The number of carbonyl (C=O) groups excluding carboxylic acids is 1. The van der Waals surface area contributed by atoms with Crippen LogP contribution in [-0.2, 0) is 11.2 Å². The zero-order valence-corrected chi connectivity index (χ0v) is 11.4. The largest absolute Gasteiger partial charge is 0.343 e. The summed E-state index contributed by atoms with van der Waals surface area (Å²) in [6.07, 6.45) is 8.86. The molecular weight excluding hydrogens is 254 g/mol. The van der Waals surface area contributed by atoms with E-state index in [4.69, 9.17) is 0 Å². The van der Waals surface area contributed by atoms with Crippen molar-refractivity contribution >= 4 is 5.91 Å². The average Bonchev–Trinajstić information content (AvgIpc) is 3.10. The van der Waals surface area contributed by atoms with Gasteiger partial charge in [0.1, 0.15) is 5.69 Å². The molecule has 0 unspecified atom stereocenters. The standard InChI is InChI=1S/C14H17N5O/c1-10(20)19-5-2-11(9-19)6-12-7-15-8-13(18-12)14-16-3-4-17-14/h3-4,7-8,11H,2,5-6,9H2,1H3,(H,16,17)/t11-/m1/s1. The van der Waals surface area contributed by atoms with Gasteiger partial charge in [-0.25, -0.2) is 9.97 Å². The van der Waals surface area contributed by atoms with Gasteiger partial charge in [0, 0.05) is 38.6 Å². The van der Waals surface area contributed by atoms with Crippen molar-refractivity contribution in [3.8, 4) is 11.5 Å². The van der Waals surface area contributed by atoms with Crippen molar-refractivity contribution in [3.05, 3.63) is 30.5 Å². The number of hydrogen-bond donors (Lipinski definition) is 1. The Kier molecular flexibility index (Phi) is 3.45. The first-order valence-corrected chi connectivity index (χ1v) is 6.78. The predicted molar refractivity (Wildman–Crippen MR) is 73.7 cm³/mol. The molecule has 1 fully saturated rings. The van der Waals surface area contributed by atoms with Gasteiger partial charge in [-0.05, 0) is 18.8 Å². The maximum absolute atomic E-state index is 11.3. The van der Waals surface area contributed by atoms with Crippen LogP contribution in [0.15, 0.2) is 24.8 Å². The molecule has 2 aromatic rings. The van der Waals surface area contributed by atoms with Gasteiger partial charge in [0.05, 0.1) is 11.9 Å². The van der Waals surface area contributed by atoms with Gasteiger partial charge < -0.3 is 9.88 Å². The number of carbonyl (C=O) groups is 1. The zero-order chi connectivity index (χ0) is 13.9. The number of nitrogens with one attached hydrogen (secondary N) is 1. The summed E-state index contributed by atoms with van der Waals surface area (Å²) in [6, 6.07) is 0. The fraction of sp³-hybridized carbons (Fsp3) is 0.429. The van der Waals surface area contributed by atoms with Crippen molar-refractivity contribution in [3.63, 3.8) is 0 Å². The SMILES string of the molecule is CC(=O)N1CC[C@H](Cc2cncc(-c3ncc[nH]3)n2)C1. The molecule has 1 aliphatic rings. The van der Waals surface area contributed by atoms with Gasteiger partial charge in [0.15, 0.2) is 5.82 Å². The topological polar surface area (TPSA) is 74.8 Å². The molecule has 0 aromatic carbocycles. The molecule has 1 amide bonds. The first-order chi connectivity index (χ1) is 9.72. The number of nitrogens with zero attached hydrogens (tertiary/aromatic N) is 4. The predicted octanol–water partition coefficient (Wildman–Crippen LogP) is 1.28. The Morgan fingerprint density at radius 2 is 2.40 bits per heavy atom. The van der Waals surface area contributed by atoms with Gasteiger partial charge in [-0.2, -0.15) is 0 Å². The lowest BCUT2D eigenvalue weighted by atomic mass is 10.0. The normalized spacial score (nSPS) is 18.4. The fourth-order valence-electron chi connectivity index (χ4n) is 2.61. The quantitative estimate of drug-likeness (QED) is 0.912. The monoisotopic (exact) mass is 271 g/mol. The first-order valence-electron chi connectivity index (χ1n) is 6.78. The number of rotatable bonds is 3. The van der Waals surface area contributed by atoms with Crippen LogP contribution in [0.2, 0.25) is 0 Å². The fourth-order valence-corrected chi connectivity index (χ4v) is 2.61. The third-order valence-electron chi connectivity index (χ3n) is 3.65. The Balaban J connectivity index is 1.70. The molecule has 1 aliphatic heterocycles. The van der Waals surface area contributed by atoms with E-state index < -0.39 is 0 Å². The average molecular weight is 271 g/mol. The van der Waals surface area contributed by atoms with Gasteiger partial charge in [0.2, 0.25) is 5.91 Å². The molecule has 1 N–H and O–H groups in total. The van der Waals surface area contributed by atoms with Gasteiger partial charge in [0.25, 0.3) is 0 Å². The molecule has 0 radical (unpaired) electrons. The molecule has 6 heteroatoms. The maximum Gasteiger partial charge on any atom is 0.219 e. The molecule has 3 rings (SSSR count). The summed E-state index contributed by atoms with van der Waals surface area (Å²) < 4.78 is 0. The first kappa shape index (κ1) is 12.8. The minimum Gasteiger partial charge on any atom is -0.343 e. The van der Waals surface area contributed by atoms with E-state index >= 15 is 0 Å². The lowest BCUT2D eigenvalue weighted by Crippen LogP contribution is -2.26. The molecule has 1 saturated heterocycles. The minimum absolute atomic E-state index is 0.155. The number of likely N-dealkylation sites (tertiary alicyclic amines) is 1. The van der Waals surface area contributed by atoms with Crippen molar-refractivity contribution in [2.75, 3.05) is 13.1 Å². The van der Waals surface area contributed by atoms with Crippen LogP contribution in [0.3, 0.4) is 0 Å². The number of aromatic amines is 1. The lowest BCUT2D eigenvalue weighted by molar-refractivity contribution is -0.127. The summed E-state index contributed by atoms with van der Waals surface area (Å²) in [6.45, 7) is 3.30. The summed E-state index contributed by atoms with van der Waals surface area (Å²) in [4.78, 5) is 29.3. The van der Waals surface area contributed by atoms with Crippen molar-refractivity contribution < 1.29 is 4.79 Å². The molecule has 6 nitrogen and oxygen atoms in total. The molecule has 2 aromatic heterocycles. The van der Waals surface area contributed by atoms with E-state index in [0.717, 1.165) is 43.1 Å². The van der Waals surface area contributed by atoms with E-state index in [-0.39, 0.29) is 5.91 Å². The molecule has 0 saturated carbocycles. The molecule has 1 atom stereocenters. The molecule has 3 heterocycles. The molecule has 0 aliphatic carbocycles. The summed E-state index contributed by atoms with van der Waals surface area (Å²) in [5, 5.41) is 0. The third kappa shape index (κ3) is 2.68. The molecule has 0 bridgehead atoms. The second-order valence-corrected chi connectivity index (χ2v) is 5.16. The van der Waals surface area contributed by atoms with Crippen molar-refractivity contribution in [2.45, 2.75) is 19.8 Å². The summed E-state index contributed by atoms with van der Waals surface area (Å²) in [7, 11) is 0. The van der Waals surface area contributed by atoms with E-state index in [1.54, 1.807) is 31.7 Å². The molecule has 104 valence electrons. The Hall–Kier alpha value is -2.24. The van der Waals surface area contributed by atoms with Gasteiger partial charge >= 0.3 is 0 Å². The van der Waals surface area contributed by atoms with Crippen LogP contribution >= 0.6 is 0 Å². The highest BCUT2D eigenvalue weighted by molar-refractivity contribution is 5.73. The number of H-pyrrole nitrogens is 1. The van der Waals surface area contributed by atoms with E-state index in [0.29, 0.717) is 5.92 Å². The van der Waals surface area contributed by atoms with Gasteiger partial charge in [-0.15, -0.1) is 0 Å². The molecular formula is C14H17N5O. The number of imidazole rings is 1. The Labute approximate surface area is 117 Å². The van der Waals surface area contributed by atoms with Gasteiger partial charge in [-0.3, -0.25) is 9.78 Å². The Bertz CT molecular complexity index is 595. The highest BCUT2D eigenvalue weighted by atomic mass is 16.2. The van der Waals surface area contributed by atoms with Crippen molar-refractivity contribution in [2.24, 2.45) is 5.92 Å². The second kappa shape index (κ2) is 5.40. The Morgan fingerprint density at radius 1 is 1.50 bits per heavy atom. The van der Waals surface area contributed by atoms with E-state index in [2.05, 4.69) is 19.9 Å². The third-order valence-corrected chi connectivity index (χ3v) is 3.65. The van der Waals surface area contributed by atoms with Crippen LogP contribution in [-0.4, -0.2) is 43.8 Å². The smallest absolute Gasteiger partial charge is 0.219 e. The molecule has 20 heavy (non-hydrogen) atoms. The van der Waals surface area contributed by atoms with E-state index in [1.165, 1.54) is 0 Å². The number of amides is 1. The van der Waals surface area contributed by atoms with Gasteiger partial charge in [-0.1, -0.05) is 0 Å². The zero-order valence-electron chi connectivity index (χ0n) is 11.4. The van der Waals surface area contributed by atoms with Crippen LogP contribution in [0.1, 0.15) is 19.0 Å². The van der Waals surface area contributed by atoms with Crippen LogP contribution in [0.4, 0.5) is 0 Å². The van der Waals surface area contributed by atoms with Crippen molar-refractivity contribution in [1.29, 1.82) is 0 Å². The highest BCUT2D eigenvalue weighted by Gasteiger charge is 2.24. The Morgan fingerprint density at radius 3 is 3.10 bits per heavy atom. The van der Waals surface area contributed by atoms with Crippen LogP contribution < -0.4 is 0 Å². The van der Waals surface area contributed by atoms with Crippen LogP contribution in [0.5, 0.6) is 0 Å². The lowest BCUT2D eigenvalue weighted by Gasteiger charge is -2.13. The second-order valence-electron chi connectivity index (χ2n) is 5.16. The maximum atomic E-state index is 11.3. The summed E-state index contributed by atoms with van der Waals surface area (Å²) in [5.74, 6) is 1.36. The van der Waals surface area contributed by atoms with Crippen LogP contribution in [0, 0.1) is 5.92 Å². The van der Waals surface area contributed by atoms with E-state index in [9.17, 15) is 4.79 Å². The summed E-state index contributed by atoms with van der Waals surface area (Å²) >= 11 is 0. The number of aromatic nitrogens is 4. The van der Waals surface area contributed by atoms with Crippen molar-refractivity contribution in [1.82, 2.24) is 24.8 Å². The summed E-state index contributed by atoms with van der Waals surface area (Å²) in [5.41, 5.74) is 1.71. The number of hydrogen-bond acceptors (Lipinski definition) is 4. The van der Waals surface area contributed by atoms with Crippen LogP contribution in [0.25, 0.3) is 11.5 Å².